The smallest absolute Gasteiger partial charge is 0.270 e. The molecule has 192 valence electrons. The minimum atomic E-state index is -0.636. The van der Waals surface area contributed by atoms with E-state index in [1.54, 1.807) is 36.4 Å². The van der Waals surface area contributed by atoms with Gasteiger partial charge < -0.3 is 15.4 Å². The summed E-state index contributed by atoms with van der Waals surface area (Å²) in [4.78, 5) is 37.4. The van der Waals surface area contributed by atoms with E-state index in [2.05, 4.69) is 10.6 Å². The van der Waals surface area contributed by atoms with Crippen LogP contribution < -0.4 is 15.4 Å². The lowest BCUT2D eigenvalue weighted by molar-refractivity contribution is -0.384. The van der Waals surface area contributed by atoms with E-state index >= 15 is 0 Å². The fourth-order valence-electron chi connectivity index (χ4n) is 3.62. The Hall–Kier alpha value is -4.34. The molecule has 38 heavy (non-hydrogen) atoms. The molecule has 0 aliphatic rings. The first-order valence-corrected chi connectivity index (χ1v) is 12.6. The second kappa shape index (κ2) is 12.3. The van der Waals surface area contributed by atoms with Gasteiger partial charge in [-0.15, -0.1) is 11.8 Å². The lowest BCUT2D eigenvalue weighted by Gasteiger charge is -2.19. The van der Waals surface area contributed by atoms with E-state index in [1.807, 2.05) is 36.4 Å². The fourth-order valence-corrected chi connectivity index (χ4v) is 4.88. The van der Waals surface area contributed by atoms with Gasteiger partial charge in [0.1, 0.15) is 11.0 Å². The summed E-state index contributed by atoms with van der Waals surface area (Å²) in [5, 5.41) is 16.5. The molecule has 0 aliphatic heterocycles. The molecular formula is C28H22ClN3O5S. The first-order chi connectivity index (χ1) is 18.3. The van der Waals surface area contributed by atoms with Crippen LogP contribution in [0.1, 0.15) is 21.2 Å². The predicted octanol–water partition coefficient (Wildman–Crippen LogP) is 6.98. The Morgan fingerprint density at radius 3 is 2.42 bits per heavy atom. The van der Waals surface area contributed by atoms with Crippen LogP contribution in [0.3, 0.4) is 0 Å². The van der Waals surface area contributed by atoms with Crippen molar-refractivity contribution in [3.63, 3.8) is 0 Å². The van der Waals surface area contributed by atoms with Crippen LogP contribution in [-0.4, -0.2) is 23.8 Å². The zero-order valence-corrected chi connectivity index (χ0v) is 21.7. The molecule has 4 rings (SSSR count). The Morgan fingerprint density at radius 1 is 0.921 bits per heavy atom. The van der Waals surface area contributed by atoms with E-state index in [9.17, 15) is 19.7 Å². The molecule has 4 aromatic carbocycles. The van der Waals surface area contributed by atoms with Gasteiger partial charge >= 0.3 is 0 Å². The molecule has 0 bridgehead atoms. The van der Waals surface area contributed by atoms with Crippen molar-refractivity contribution in [3.05, 3.63) is 123 Å². The molecule has 8 nitrogen and oxygen atoms in total. The van der Waals surface area contributed by atoms with Gasteiger partial charge in [-0.3, -0.25) is 19.7 Å². The molecule has 0 spiro atoms. The van der Waals surface area contributed by atoms with Crippen molar-refractivity contribution in [2.75, 3.05) is 17.7 Å². The number of nitrogens with zero attached hydrogens (tertiary/aromatic N) is 1. The molecule has 1 unspecified atom stereocenters. The lowest BCUT2D eigenvalue weighted by atomic mass is 10.1. The molecule has 0 fully saturated rings. The third-order valence-corrected chi connectivity index (χ3v) is 6.91. The van der Waals surface area contributed by atoms with Crippen LogP contribution in [0.4, 0.5) is 17.1 Å². The molecule has 0 heterocycles. The molecule has 0 radical (unpaired) electrons. The number of halogens is 1. The van der Waals surface area contributed by atoms with Crippen molar-refractivity contribution in [2.24, 2.45) is 0 Å². The number of carbonyl (C=O) groups excluding carboxylic acids is 2. The second-order valence-corrected chi connectivity index (χ2v) is 9.65. The van der Waals surface area contributed by atoms with E-state index < -0.39 is 16.1 Å². The number of nitro benzene ring substituents is 1. The Balaban J connectivity index is 1.56. The molecule has 10 heteroatoms. The van der Waals surface area contributed by atoms with Gasteiger partial charge in [-0.2, -0.15) is 0 Å². The van der Waals surface area contributed by atoms with Crippen molar-refractivity contribution in [1.29, 1.82) is 0 Å². The average molecular weight is 548 g/mol. The normalized spacial score (nSPS) is 11.3. The first kappa shape index (κ1) is 26.7. The van der Waals surface area contributed by atoms with E-state index in [0.29, 0.717) is 22.1 Å². The van der Waals surface area contributed by atoms with Gasteiger partial charge in [0.15, 0.2) is 0 Å². The van der Waals surface area contributed by atoms with E-state index in [0.717, 1.165) is 10.5 Å². The summed E-state index contributed by atoms with van der Waals surface area (Å²) in [6.07, 6.45) is 0. The van der Waals surface area contributed by atoms with Gasteiger partial charge in [0.05, 0.1) is 17.7 Å². The van der Waals surface area contributed by atoms with Crippen molar-refractivity contribution in [1.82, 2.24) is 0 Å². The van der Waals surface area contributed by atoms with Crippen molar-refractivity contribution in [2.45, 2.75) is 10.1 Å². The summed E-state index contributed by atoms with van der Waals surface area (Å²) in [6.45, 7) is 0. The number of hydrogen-bond acceptors (Lipinski definition) is 6. The number of carbonyl (C=O) groups is 2. The van der Waals surface area contributed by atoms with Crippen LogP contribution in [0.5, 0.6) is 5.75 Å². The van der Waals surface area contributed by atoms with Gasteiger partial charge in [-0.25, -0.2) is 0 Å². The predicted molar refractivity (Wildman–Crippen MR) is 149 cm³/mol. The largest absolute Gasteiger partial charge is 0.495 e. The third-order valence-electron chi connectivity index (χ3n) is 5.42. The number of rotatable bonds is 9. The number of amides is 2. The lowest BCUT2D eigenvalue weighted by Crippen LogP contribution is -2.19. The summed E-state index contributed by atoms with van der Waals surface area (Å²) < 4.78 is 5.36. The van der Waals surface area contributed by atoms with E-state index in [4.69, 9.17) is 16.3 Å². The van der Waals surface area contributed by atoms with Crippen LogP contribution in [0.2, 0.25) is 5.02 Å². The number of ether oxygens (including phenoxy) is 1. The quantitative estimate of drug-likeness (QED) is 0.133. The summed E-state index contributed by atoms with van der Waals surface area (Å²) in [5.74, 6) is -0.292. The molecule has 0 saturated carbocycles. The average Bonchev–Trinajstić information content (AvgIpc) is 2.92. The first-order valence-electron chi connectivity index (χ1n) is 11.4. The Bertz CT molecular complexity index is 1480. The van der Waals surface area contributed by atoms with Gasteiger partial charge in [-0.05, 0) is 48.0 Å². The van der Waals surface area contributed by atoms with Gasteiger partial charge in [0.25, 0.3) is 11.6 Å². The zero-order valence-electron chi connectivity index (χ0n) is 20.1. The maximum Gasteiger partial charge on any atom is 0.270 e. The number of non-ortho nitro benzene ring substituents is 1. The minimum Gasteiger partial charge on any atom is -0.495 e. The highest BCUT2D eigenvalue weighted by Crippen LogP contribution is 2.38. The van der Waals surface area contributed by atoms with E-state index in [-0.39, 0.29) is 17.2 Å². The number of hydrogen-bond donors (Lipinski definition) is 2. The monoisotopic (exact) mass is 547 g/mol. The minimum absolute atomic E-state index is 0.161. The number of benzene rings is 4. The Labute approximate surface area is 228 Å². The van der Waals surface area contributed by atoms with Crippen LogP contribution in [-0.2, 0) is 4.79 Å². The molecule has 1 atom stereocenters. The van der Waals surface area contributed by atoms with Gasteiger partial charge in [0.2, 0.25) is 5.91 Å². The molecule has 0 aromatic heterocycles. The van der Waals surface area contributed by atoms with Crippen molar-refractivity contribution < 1.29 is 19.2 Å². The Morgan fingerprint density at radius 2 is 1.68 bits per heavy atom. The summed E-state index contributed by atoms with van der Waals surface area (Å²) in [5.41, 5.74) is 1.70. The number of nitro groups is 1. The summed E-state index contributed by atoms with van der Waals surface area (Å²) >= 11 is 7.43. The maximum atomic E-state index is 13.5. The maximum absolute atomic E-state index is 13.5. The number of methoxy groups -OCH3 is 1. The fraction of sp³-hybridized carbons (Fsp3) is 0.0714. The second-order valence-electron chi connectivity index (χ2n) is 8.03. The third kappa shape index (κ3) is 6.70. The van der Waals surface area contributed by atoms with Crippen molar-refractivity contribution in [3.8, 4) is 5.75 Å². The van der Waals surface area contributed by atoms with Gasteiger partial charge in [-0.1, -0.05) is 54.1 Å². The molecule has 0 saturated heterocycles. The Kier molecular flexibility index (Phi) is 8.62. The highest BCUT2D eigenvalue weighted by Gasteiger charge is 2.24. The highest BCUT2D eigenvalue weighted by atomic mass is 35.5. The number of anilines is 2. The summed E-state index contributed by atoms with van der Waals surface area (Å²) in [6, 6.07) is 26.8. The van der Waals surface area contributed by atoms with Crippen LogP contribution in [0.15, 0.2) is 102 Å². The van der Waals surface area contributed by atoms with E-state index in [1.165, 1.54) is 43.1 Å². The highest BCUT2D eigenvalue weighted by molar-refractivity contribution is 8.00. The number of nitrogens with one attached hydrogen (secondary N) is 2. The standard InChI is InChI=1S/C28H22ClN3O5S/c1-37-25-14-13-20(29)16-24(25)31-28(34)26(18-7-3-2-4-8-18)38-23-12-6-10-21(17-23)30-27(33)19-9-5-11-22(15-19)32(35)36/h2-17,26H,1H3,(H,30,33)(H,31,34). The molecule has 2 N–H and O–H groups in total. The molecule has 0 aliphatic carbocycles. The van der Waals surface area contributed by atoms with Crippen LogP contribution in [0, 0.1) is 10.1 Å². The van der Waals surface area contributed by atoms with Gasteiger partial charge in [0, 0.05) is 33.3 Å². The van der Waals surface area contributed by atoms with Crippen molar-refractivity contribution >= 4 is 52.2 Å². The molecular weight excluding hydrogens is 526 g/mol. The zero-order chi connectivity index (χ0) is 27.1. The SMILES string of the molecule is COc1ccc(Cl)cc1NC(=O)C(Sc1cccc(NC(=O)c2cccc([N+](=O)[O-])c2)c1)c1ccccc1. The van der Waals surface area contributed by atoms with Crippen LogP contribution in [0.25, 0.3) is 0 Å². The topological polar surface area (TPSA) is 111 Å². The summed E-state index contributed by atoms with van der Waals surface area (Å²) in [7, 11) is 1.51. The molecule has 2 amide bonds. The molecule has 4 aromatic rings. The van der Waals surface area contributed by atoms with Crippen LogP contribution >= 0.6 is 23.4 Å². The number of thioether (sulfide) groups is 1.